The first kappa shape index (κ1) is 29.5. The van der Waals surface area contributed by atoms with E-state index in [1.807, 2.05) is 24.5 Å². The summed E-state index contributed by atoms with van der Waals surface area (Å²) < 4.78 is 6.83. The molecule has 208 valence electrons. The van der Waals surface area contributed by atoms with Crippen molar-refractivity contribution in [3.8, 4) is 0 Å². The summed E-state index contributed by atoms with van der Waals surface area (Å²) in [4.78, 5) is 42.1. The fourth-order valence-corrected chi connectivity index (χ4v) is 5.93. The lowest BCUT2D eigenvalue weighted by Gasteiger charge is -2.34. The van der Waals surface area contributed by atoms with Crippen LogP contribution in [-0.2, 0) is 11.3 Å². The Morgan fingerprint density at radius 3 is 2.11 bits per heavy atom. The van der Waals surface area contributed by atoms with Crippen LogP contribution in [0.1, 0.15) is 122 Å². The van der Waals surface area contributed by atoms with Gasteiger partial charge in [0, 0.05) is 29.5 Å². The number of amides is 2. The van der Waals surface area contributed by atoms with E-state index in [-0.39, 0.29) is 36.2 Å². The van der Waals surface area contributed by atoms with Crippen LogP contribution in [0.4, 0.5) is 10.5 Å². The molecule has 0 radical (unpaired) electrons. The van der Waals surface area contributed by atoms with Gasteiger partial charge in [-0.3, -0.25) is 4.79 Å². The number of hydrogen-bond donors (Lipinski definition) is 1. The number of anilines is 1. The van der Waals surface area contributed by atoms with Crippen LogP contribution >= 0.6 is 0 Å². The van der Waals surface area contributed by atoms with E-state index in [4.69, 9.17) is 4.74 Å². The van der Waals surface area contributed by atoms with Crippen LogP contribution < -0.4 is 5.32 Å². The normalized spacial score (nSPS) is 14.2. The van der Waals surface area contributed by atoms with Gasteiger partial charge in [-0.2, -0.15) is 0 Å². The first-order chi connectivity index (χ1) is 18.0. The van der Waals surface area contributed by atoms with Crippen molar-refractivity contribution in [1.82, 2.24) is 9.47 Å². The van der Waals surface area contributed by atoms with Gasteiger partial charge in [0.05, 0.1) is 13.7 Å². The quantitative estimate of drug-likeness (QED) is 0.278. The molecule has 2 amide bonds. The molecule has 0 unspecified atom stereocenters. The van der Waals surface area contributed by atoms with Gasteiger partial charge in [-0.05, 0) is 62.1 Å². The molecule has 0 bridgehead atoms. The number of nitrogens with zero attached hydrogens (tertiary/aromatic N) is 2. The van der Waals surface area contributed by atoms with Crippen LogP contribution in [0.5, 0.6) is 0 Å². The van der Waals surface area contributed by atoms with E-state index in [0.29, 0.717) is 23.4 Å². The number of aromatic nitrogens is 1. The average molecular weight is 524 g/mol. The number of ether oxygens (including phenoxy) is 1. The predicted molar refractivity (Wildman–Crippen MR) is 152 cm³/mol. The molecule has 2 aromatic rings. The SMILES string of the molecule is CCn1c(C)c(C(=O)CN(C(=O)Nc2c(C(C)C)cccc2C(C)C)C2CCCCC2)c(C)c1C(=O)OC. The molecule has 3 rings (SSSR count). The number of nitrogens with one attached hydrogen (secondary N) is 1. The smallest absolute Gasteiger partial charge is 0.354 e. The van der Waals surface area contributed by atoms with Crippen molar-refractivity contribution < 1.29 is 19.1 Å². The Morgan fingerprint density at radius 2 is 1.61 bits per heavy atom. The summed E-state index contributed by atoms with van der Waals surface area (Å²) in [5.74, 6) is -0.131. The van der Waals surface area contributed by atoms with Crippen molar-refractivity contribution in [3.63, 3.8) is 0 Å². The minimum atomic E-state index is -0.458. The molecule has 1 aromatic heterocycles. The van der Waals surface area contributed by atoms with Crippen molar-refractivity contribution >= 4 is 23.5 Å². The van der Waals surface area contributed by atoms with Gasteiger partial charge in [-0.1, -0.05) is 65.2 Å². The largest absolute Gasteiger partial charge is 0.464 e. The van der Waals surface area contributed by atoms with Crippen LogP contribution in [0.2, 0.25) is 0 Å². The summed E-state index contributed by atoms with van der Waals surface area (Å²) in [6, 6.07) is 5.94. The van der Waals surface area contributed by atoms with E-state index in [9.17, 15) is 14.4 Å². The molecule has 1 aliphatic rings. The van der Waals surface area contributed by atoms with Crippen LogP contribution in [0.15, 0.2) is 18.2 Å². The van der Waals surface area contributed by atoms with Gasteiger partial charge in [0.15, 0.2) is 5.78 Å². The molecule has 0 aliphatic heterocycles. The first-order valence-electron chi connectivity index (χ1n) is 14.0. The number of carbonyl (C=O) groups is 3. The van der Waals surface area contributed by atoms with E-state index < -0.39 is 5.97 Å². The zero-order valence-electron chi connectivity index (χ0n) is 24.4. The van der Waals surface area contributed by atoms with Crippen molar-refractivity contribution in [3.05, 3.63) is 51.8 Å². The zero-order valence-corrected chi connectivity index (χ0v) is 24.4. The number of urea groups is 1. The minimum Gasteiger partial charge on any atom is -0.464 e. The molecule has 0 spiro atoms. The maximum Gasteiger partial charge on any atom is 0.354 e. The molecule has 7 nitrogen and oxygen atoms in total. The second kappa shape index (κ2) is 12.6. The second-order valence-electron chi connectivity index (χ2n) is 11.1. The van der Waals surface area contributed by atoms with E-state index in [2.05, 4.69) is 45.1 Å². The summed E-state index contributed by atoms with van der Waals surface area (Å²) in [5, 5.41) is 3.24. The highest BCUT2D eigenvalue weighted by Crippen LogP contribution is 2.33. The summed E-state index contributed by atoms with van der Waals surface area (Å²) in [5.41, 5.74) is 5.28. The van der Waals surface area contributed by atoms with Gasteiger partial charge in [0.1, 0.15) is 5.69 Å². The van der Waals surface area contributed by atoms with E-state index in [1.165, 1.54) is 7.11 Å². The molecule has 7 heteroatoms. The molecule has 1 saturated carbocycles. The number of methoxy groups -OCH3 is 1. The number of para-hydroxylation sites is 1. The van der Waals surface area contributed by atoms with E-state index in [0.717, 1.165) is 54.6 Å². The van der Waals surface area contributed by atoms with Gasteiger partial charge in [-0.15, -0.1) is 0 Å². The fraction of sp³-hybridized carbons (Fsp3) is 0.581. The van der Waals surface area contributed by atoms with Crippen LogP contribution in [-0.4, -0.2) is 46.9 Å². The molecule has 1 N–H and O–H groups in total. The van der Waals surface area contributed by atoms with Gasteiger partial charge >= 0.3 is 12.0 Å². The molecule has 1 heterocycles. The highest BCUT2D eigenvalue weighted by atomic mass is 16.5. The lowest BCUT2D eigenvalue weighted by molar-refractivity contribution is 0.0587. The monoisotopic (exact) mass is 523 g/mol. The molecule has 0 saturated heterocycles. The number of carbonyl (C=O) groups excluding carboxylic acids is 3. The molecular weight excluding hydrogens is 478 g/mol. The minimum absolute atomic E-state index is 0.00429. The number of Topliss-reactive ketones (excluding diaryl/α,β-unsaturated/α-hetero) is 1. The second-order valence-corrected chi connectivity index (χ2v) is 11.1. The Hall–Kier alpha value is -3.09. The lowest BCUT2D eigenvalue weighted by atomic mass is 9.92. The average Bonchev–Trinajstić information content (AvgIpc) is 3.15. The maximum absolute atomic E-state index is 14.0. The van der Waals surface area contributed by atoms with Crippen molar-refractivity contribution in [2.75, 3.05) is 19.0 Å². The summed E-state index contributed by atoms with van der Waals surface area (Å²) in [6.45, 7) is 14.6. The highest BCUT2D eigenvalue weighted by molar-refractivity contribution is 6.05. The Balaban J connectivity index is 2.00. The third-order valence-electron chi connectivity index (χ3n) is 7.94. The Kier molecular flexibility index (Phi) is 9.80. The van der Waals surface area contributed by atoms with Gasteiger partial charge in [-0.25, -0.2) is 9.59 Å². The molecule has 1 aromatic carbocycles. The molecule has 0 atom stereocenters. The summed E-state index contributed by atoms with van der Waals surface area (Å²) >= 11 is 0. The molecule has 1 fully saturated rings. The number of esters is 1. The Bertz CT molecular complexity index is 1150. The topological polar surface area (TPSA) is 80.6 Å². The standard InChI is InChI=1S/C31H45N3O4/c1-9-33-22(7)27(21(6)29(33)30(36)38-8)26(35)18-34(23-14-11-10-12-15-23)31(37)32-28-24(19(2)3)16-13-17-25(28)20(4)5/h13,16-17,19-20,23H,9-12,14-15,18H2,1-8H3,(H,32,37). The predicted octanol–water partition coefficient (Wildman–Crippen LogP) is 7.21. The number of rotatable bonds is 9. The van der Waals surface area contributed by atoms with Crippen LogP contribution in [0.25, 0.3) is 0 Å². The van der Waals surface area contributed by atoms with Gasteiger partial charge in [0.25, 0.3) is 0 Å². The van der Waals surface area contributed by atoms with Crippen molar-refractivity contribution in [1.29, 1.82) is 0 Å². The Labute approximate surface area is 227 Å². The van der Waals surface area contributed by atoms with Crippen molar-refractivity contribution in [2.45, 2.75) is 105 Å². The Morgan fingerprint density at radius 1 is 1.03 bits per heavy atom. The summed E-state index contributed by atoms with van der Waals surface area (Å²) in [7, 11) is 1.35. The van der Waals surface area contributed by atoms with Gasteiger partial charge in [0.2, 0.25) is 0 Å². The number of ketones is 1. The maximum atomic E-state index is 14.0. The van der Waals surface area contributed by atoms with Crippen LogP contribution in [0.3, 0.4) is 0 Å². The summed E-state index contributed by atoms with van der Waals surface area (Å²) in [6.07, 6.45) is 4.99. The van der Waals surface area contributed by atoms with E-state index in [1.54, 1.807) is 11.8 Å². The molecule has 38 heavy (non-hydrogen) atoms. The first-order valence-corrected chi connectivity index (χ1v) is 14.0. The number of benzene rings is 1. The van der Waals surface area contributed by atoms with Crippen LogP contribution in [0, 0.1) is 13.8 Å². The van der Waals surface area contributed by atoms with Gasteiger partial charge < -0.3 is 19.5 Å². The highest BCUT2D eigenvalue weighted by Gasteiger charge is 2.32. The van der Waals surface area contributed by atoms with Crippen molar-refractivity contribution in [2.24, 2.45) is 0 Å². The third kappa shape index (κ3) is 5.97. The number of hydrogen-bond acceptors (Lipinski definition) is 4. The lowest BCUT2D eigenvalue weighted by Crippen LogP contribution is -2.46. The zero-order chi connectivity index (χ0) is 28.1. The fourth-order valence-electron chi connectivity index (χ4n) is 5.93. The van der Waals surface area contributed by atoms with E-state index >= 15 is 0 Å². The third-order valence-corrected chi connectivity index (χ3v) is 7.94. The molecule has 1 aliphatic carbocycles. The molecular formula is C31H45N3O4.